The molecule has 0 unspecified atom stereocenters. The average Bonchev–Trinajstić information content (AvgIpc) is 3.09. The fourth-order valence-corrected chi connectivity index (χ4v) is 4.24. The minimum Gasteiger partial charge on any atom is -0.462 e. The van der Waals surface area contributed by atoms with E-state index in [2.05, 4.69) is 5.32 Å². The summed E-state index contributed by atoms with van der Waals surface area (Å²) in [6.07, 6.45) is 0.706. The zero-order chi connectivity index (χ0) is 21.0. The molecule has 7 heteroatoms. The van der Waals surface area contributed by atoms with E-state index in [0.717, 1.165) is 16.7 Å². The van der Waals surface area contributed by atoms with Crippen molar-refractivity contribution in [2.45, 2.75) is 20.3 Å². The molecule has 150 valence electrons. The molecule has 0 radical (unpaired) electrons. The second kappa shape index (κ2) is 9.44. The predicted molar refractivity (Wildman–Crippen MR) is 119 cm³/mol. The van der Waals surface area contributed by atoms with Crippen LogP contribution in [-0.4, -0.2) is 18.5 Å². The summed E-state index contributed by atoms with van der Waals surface area (Å²) in [5.41, 5.74) is 3.29. The molecule has 1 N–H and O–H groups in total. The number of anilines is 1. The van der Waals surface area contributed by atoms with E-state index in [0.29, 0.717) is 28.6 Å². The highest BCUT2D eigenvalue weighted by atomic mass is 35.5. The normalized spacial score (nSPS) is 10.6. The van der Waals surface area contributed by atoms with Crippen molar-refractivity contribution in [2.75, 3.05) is 11.9 Å². The molecule has 0 fully saturated rings. The Morgan fingerprint density at radius 1 is 1.14 bits per heavy atom. The molecule has 3 aromatic rings. The third-order valence-corrected chi connectivity index (χ3v) is 5.61. The van der Waals surface area contributed by atoms with E-state index >= 15 is 0 Å². The van der Waals surface area contributed by atoms with Gasteiger partial charge in [-0.1, -0.05) is 60.0 Å². The molecule has 0 aliphatic rings. The predicted octanol–water partition coefficient (Wildman–Crippen LogP) is 6.85. The molecule has 1 aromatic heterocycles. The van der Waals surface area contributed by atoms with E-state index in [1.165, 1.54) is 17.4 Å². The number of carbonyl (C=O) groups excluding carboxylic acids is 2. The lowest BCUT2D eigenvalue weighted by atomic mass is 10.0. The Labute approximate surface area is 183 Å². The van der Waals surface area contributed by atoms with E-state index in [9.17, 15) is 9.59 Å². The van der Waals surface area contributed by atoms with Crippen LogP contribution in [0.25, 0.3) is 11.1 Å². The zero-order valence-corrected chi connectivity index (χ0v) is 18.3. The van der Waals surface area contributed by atoms with E-state index in [4.69, 9.17) is 27.9 Å². The van der Waals surface area contributed by atoms with Crippen molar-refractivity contribution in [1.82, 2.24) is 0 Å². The fourth-order valence-electron chi connectivity index (χ4n) is 2.79. The maximum atomic E-state index is 12.8. The van der Waals surface area contributed by atoms with Gasteiger partial charge >= 0.3 is 5.97 Å². The van der Waals surface area contributed by atoms with Gasteiger partial charge in [-0.25, -0.2) is 4.79 Å². The van der Waals surface area contributed by atoms with E-state index in [1.54, 1.807) is 12.1 Å². The maximum Gasteiger partial charge on any atom is 0.341 e. The Morgan fingerprint density at radius 3 is 2.62 bits per heavy atom. The van der Waals surface area contributed by atoms with Crippen LogP contribution in [0.3, 0.4) is 0 Å². The Hall–Kier alpha value is -2.34. The van der Waals surface area contributed by atoms with Crippen LogP contribution in [0.15, 0.2) is 47.8 Å². The summed E-state index contributed by atoms with van der Waals surface area (Å²) >= 11 is 13.3. The number of halogens is 2. The van der Waals surface area contributed by atoms with Crippen LogP contribution in [0.5, 0.6) is 0 Å². The van der Waals surface area contributed by atoms with Crippen LogP contribution in [0.1, 0.15) is 39.6 Å². The van der Waals surface area contributed by atoms with Crippen LogP contribution in [0, 0.1) is 6.92 Å². The molecule has 1 heterocycles. The molecule has 29 heavy (non-hydrogen) atoms. The lowest BCUT2D eigenvalue weighted by Gasteiger charge is -2.10. The second-order valence-corrected chi connectivity index (χ2v) is 8.16. The molecule has 0 saturated carbocycles. The number of rotatable bonds is 6. The first-order valence-electron chi connectivity index (χ1n) is 9.02. The summed E-state index contributed by atoms with van der Waals surface area (Å²) in [5, 5.41) is 5.73. The lowest BCUT2D eigenvalue weighted by molar-refractivity contribution is 0.0508. The highest BCUT2D eigenvalue weighted by Crippen LogP contribution is 2.37. The standard InChI is InChI=1S/C22H19Cl2NO3S/c1-3-9-28-22(27)19-17(14-6-4-5-13(2)10-14)12-29-21(19)25-20(26)16-8-7-15(23)11-18(16)24/h4-8,10-12H,3,9H2,1-2H3,(H,25,26). The smallest absolute Gasteiger partial charge is 0.341 e. The van der Waals surface area contributed by atoms with Crippen molar-refractivity contribution >= 4 is 51.4 Å². The molecule has 0 aliphatic carbocycles. The number of esters is 1. The summed E-state index contributed by atoms with van der Waals surface area (Å²) in [4.78, 5) is 25.5. The minimum atomic E-state index is -0.470. The average molecular weight is 448 g/mol. The first kappa shape index (κ1) is 21.4. The van der Waals surface area contributed by atoms with Gasteiger partial charge in [-0.05, 0) is 37.1 Å². The monoisotopic (exact) mass is 447 g/mol. The van der Waals surface area contributed by atoms with Gasteiger partial charge in [-0.15, -0.1) is 11.3 Å². The van der Waals surface area contributed by atoms with Crippen molar-refractivity contribution in [1.29, 1.82) is 0 Å². The third-order valence-electron chi connectivity index (χ3n) is 4.16. The first-order valence-corrected chi connectivity index (χ1v) is 10.7. The summed E-state index contributed by atoms with van der Waals surface area (Å²) in [5.74, 6) is -0.893. The third kappa shape index (κ3) is 4.99. The van der Waals surface area contributed by atoms with Crippen molar-refractivity contribution in [3.8, 4) is 11.1 Å². The first-order chi connectivity index (χ1) is 13.9. The molecule has 0 spiro atoms. The van der Waals surface area contributed by atoms with Crippen molar-refractivity contribution < 1.29 is 14.3 Å². The van der Waals surface area contributed by atoms with Crippen molar-refractivity contribution in [3.05, 3.63) is 74.6 Å². The molecule has 2 aromatic carbocycles. The number of nitrogens with one attached hydrogen (secondary N) is 1. The molecule has 0 bridgehead atoms. The Bertz CT molecular complexity index is 1060. The van der Waals surface area contributed by atoms with Crippen LogP contribution in [-0.2, 0) is 4.74 Å². The van der Waals surface area contributed by atoms with Gasteiger partial charge in [0.1, 0.15) is 10.6 Å². The topological polar surface area (TPSA) is 55.4 Å². The molecular formula is C22H19Cl2NO3S. The molecular weight excluding hydrogens is 429 g/mol. The van der Waals surface area contributed by atoms with Crippen LogP contribution < -0.4 is 5.32 Å². The summed E-state index contributed by atoms with van der Waals surface area (Å²) in [6, 6.07) is 12.5. The maximum absolute atomic E-state index is 12.8. The molecule has 1 amide bonds. The number of carbonyl (C=O) groups is 2. The van der Waals surface area contributed by atoms with E-state index < -0.39 is 11.9 Å². The Kier molecular flexibility index (Phi) is 6.96. The van der Waals surface area contributed by atoms with E-state index in [-0.39, 0.29) is 10.6 Å². The van der Waals surface area contributed by atoms with Gasteiger partial charge in [0.15, 0.2) is 0 Å². The van der Waals surface area contributed by atoms with Crippen molar-refractivity contribution in [2.24, 2.45) is 0 Å². The zero-order valence-electron chi connectivity index (χ0n) is 15.9. The SMILES string of the molecule is CCCOC(=O)c1c(-c2cccc(C)c2)csc1NC(=O)c1ccc(Cl)cc1Cl. The number of benzene rings is 2. The second-order valence-electron chi connectivity index (χ2n) is 6.44. The molecule has 3 rings (SSSR count). The molecule has 0 aliphatic heterocycles. The van der Waals surface area contributed by atoms with Gasteiger partial charge in [0.05, 0.1) is 17.2 Å². The number of hydrogen-bond acceptors (Lipinski definition) is 4. The highest BCUT2D eigenvalue weighted by molar-refractivity contribution is 7.15. The van der Waals surface area contributed by atoms with Crippen LogP contribution >= 0.6 is 34.5 Å². The van der Waals surface area contributed by atoms with Gasteiger partial charge in [-0.3, -0.25) is 4.79 Å². The number of ether oxygens (including phenoxy) is 1. The molecule has 0 saturated heterocycles. The van der Waals surface area contributed by atoms with E-state index in [1.807, 2.05) is 43.5 Å². The largest absolute Gasteiger partial charge is 0.462 e. The quantitative estimate of drug-likeness (QED) is 0.420. The number of amides is 1. The Morgan fingerprint density at radius 2 is 1.93 bits per heavy atom. The van der Waals surface area contributed by atoms with Crippen molar-refractivity contribution in [3.63, 3.8) is 0 Å². The van der Waals surface area contributed by atoms with Crippen LogP contribution in [0.2, 0.25) is 10.0 Å². The van der Waals surface area contributed by atoms with Gasteiger partial charge in [0.2, 0.25) is 0 Å². The summed E-state index contributed by atoms with van der Waals surface area (Å²) in [7, 11) is 0. The Balaban J connectivity index is 1.99. The van der Waals surface area contributed by atoms with Gasteiger partial charge in [0, 0.05) is 16.0 Å². The number of hydrogen-bond donors (Lipinski definition) is 1. The highest BCUT2D eigenvalue weighted by Gasteiger charge is 2.24. The summed E-state index contributed by atoms with van der Waals surface area (Å²) < 4.78 is 5.37. The van der Waals surface area contributed by atoms with Gasteiger partial charge < -0.3 is 10.1 Å². The van der Waals surface area contributed by atoms with Gasteiger partial charge in [-0.2, -0.15) is 0 Å². The number of aryl methyl sites for hydroxylation is 1. The number of thiophene rings is 1. The molecule has 4 nitrogen and oxygen atoms in total. The summed E-state index contributed by atoms with van der Waals surface area (Å²) in [6.45, 7) is 4.21. The lowest BCUT2D eigenvalue weighted by Crippen LogP contribution is -2.15. The fraction of sp³-hybridized carbons (Fsp3) is 0.182. The minimum absolute atomic E-state index is 0.237. The van der Waals surface area contributed by atoms with Crippen LogP contribution in [0.4, 0.5) is 5.00 Å². The molecule has 0 atom stereocenters. The van der Waals surface area contributed by atoms with Gasteiger partial charge in [0.25, 0.3) is 5.91 Å².